The molecule has 1 aromatic heterocycles. The Hall–Kier alpha value is -2.96. The van der Waals surface area contributed by atoms with Crippen molar-refractivity contribution in [2.75, 3.05) is 18.0 Å². The fourth-order valence-corrected chi connectivity index (χ4v) is 3.66. The lowest BCUT2D eigenvalue weighted by Gasteiger charge is -2.22. The highest BCUT2D eigenvalue weighted by atomic mass is 16.6. The summed E-state index contributed by atoms with van der Waals surface area (Å²) in [6, 6.07) is 5.28. The topological polar surface area (TPSA) is 92.1 Å². The van der Waals surface area contributed by atoms with Gasteiger partial charge in [0.15, 0.2) is 0 Å². The van der Waals surface area contributed by atoms with Crippen molar-refractivity contribution in [1.29, 1.82) is 0 Å². The number of hydrogen-bond acceptors (Lipinski definition) is 5. The van der Waals surface area contributed by atoms with Crippen LogP contribution in [-0.2, 0) is 0 Å². The maximum absolute atomic E-state index is 12.0. The number of rotatable bonds is 3. The predicted molar refractivity (Wildman–Crippen MR) is 107 cm³/mol. The molecule has 27 heavy (non-hydrogen) atoms. The molecule has 0 aliphatic carbocycles. The van der Waals surface area contributed by atoms with E-state index in [0.29, 0.717) is 21.7 Å². The molecular formula is C20H24N4O3. The van der Waals surface area contributed by atoms with E-state index in [1.165, 1.54) is 12.8 Å². The second-order valence-corrected chi connectivity index (χ2v) is 6.67. The Kier molecular flexibility index (Phi) is 5.69. The molecule has 7 nitrogen and oxygen atoms in total. The molecule has 1 N–H and O–H groups in total. The minimum absolute atomic E-state index is 0.00134. The Balaban J connectivity index is 2.18. The summed E-state index contributed by atoms with van der Waals surface area (Å²) in [5, 5.41) is 19.4. The number of anilines is 1. The number of H-pyrrole nitrogens is 1. The third kappa shape index (κ3) is 3.77. The molecule has 142 valence electrons. The Morgan fingerprint density at radius 1 is 1.11 bits per heavy atom. The highest BCUT2D eigenvalue weighted by Gasteiger charge is 2.21. The number of aromatic nitrogens is 2. The van der Waals surface area contributed by atoms with E-state index in [4.69, 9.17) is 0 Å². The Morgan fingerprint density at radius 2 is 1.78 bits per heavy atom. The second-order valence-electron chi connectivity index (χ2n) is 6.67. The maximum Gasteiger partial charge on any atom is 0.280 e. The monoisotopic (exact) mass is 368 g/mol. The van der Waals surface area contributed by atoms with Gasteiger partial charge in [0.05, 0.1) is 10.5 Å². The van der Waals surface area contributed by atoms with Crippen LogP contribution in [0.2, 0.25) is 0 Å². The number of benzene rings is 1. The minimum atomic E-state index is -0.377. The van der Waals surface area contributed by atoms with Crippen LogP contribution in [0.3, 0.4) is 0 Å². The van der Waals surface area contributed by atoms with Crippen molar-refractivity contribution in [2.24, 2.45) is 0 Å². The van der Waals surface area contributed by atoms with Crippen LogP contribution in [0.25, 0.3) is 23.4 Å². The molecule has 2 heterocycles. The summed E-state index contributed by atoms with van der Waals surface area (Å²) in [6.45, 7) is 5.38. The summed E-state index contributed by atoms with van der Waals surface area (Å²) in [5.41, 5.74) is 1.38. The first-order chi connectivity index (χ1) is 13.1. The van der Waals surface area contributed by atoms with E-state index in [-0.39, 0.29) is 16.2 Å². The Bertz CT molecular complexity index is 1020. The van der Waals surface area contributed by atoms with Crippen molar-refractivity contribution in [1.82, 2.24) is 10.2 Å². The van der Waals surface area contributed by atoms with Crippen LogP contribution >= 0.6 is 0 Å². The molecule has 1 aliphatic rings. The lowest BCUT2D eigenvalue weighted by molar-refractivity contribution is -0.384. The maximum atomic E-state index is 12.0. The van der Waals surface area contributed by atoms with Gasteiger partial charge in [0.25, 0.3) is 11.2 Å². The van der Waals surface area contributed by atoms with Crippen molar-refractivity contribution < 1.29 is 4.92 Å². The molecule has 1 fully saturated rings. The van der Waals surface area contributed by atoms with Gasteiger partial charge in [-0.15, -0.1) is 0 Å². The standard InChI is InChI=1S/C20H24N4O3/c1-3-15-16(4-2)20(25)22-21-19(15)17-10-9-14(13-18(17)24(26)27)23-11-7-5-6-8-12-23/h3-4,9-10,13H,5-8,11-12H2,1-2H3,(H,22,25)/b15-3+,16-4+. The van der Waals surface area contributed by atoms with Crippen molar-refractivity contribution in [3.8, 4) is 11.3 Å². The summed E-state index contributed by atoms with van der Waals surface area (Å²) in [5.74, 6) is 0. The first-order valence-corrected chi connectivity index (χ1v) is 9.32. The van der Waals surface area contributed by atoms with Crippen LogP contribution in [0.5, 0.6) is 0 Å². The van der Waals surface area contributed by atoms with Gasteiger partial charge in [-0.3, -0.25) is 14.9 Å². The van der Waals surface area contributed by atoms with Gasteiger partial charge in [0.2, 0.25) is 0 Å². The van der Waals surface area contributed by atoms with Gasteiger partial charge >= 0.3 is 0 Å². The van der Waals surface area contributed by atoms with Crippen molar-refractivity contribution in [3.05, 3.63) is 49.1 Å². The van der Waals surface area contributed by atoms with Crippen LogP contribution in [0.1, 0.15) is 39.5 Å². The largest absolute Gasteiger partial charge is 0.371 e. The van der Waals surface area contributed by atoms with Gasteiger partial charge in [0, 0.05) is 35.3 Å². The van der Waals surface area contributed by atoms with E-state index in [2.05, 4.69) is 15.1 Å². The summed E-state index contributed by atoms with van der Waals surface area (Å²) in [4.78, 5) is 25.6. The van der Waals surface area contributed by atoms with Crippen LogP contribution in [0.15, 0.2) is 23.0 Å². The van der Waals surface area contributed by atoms with Gasteiger partial charge in [-0.25, -0.2) is 5.10 Å². The van der Waals surface area contributed by atoms with Gasteiger partial charge in [-0.2, -0.15) is 5.10 Å². The van der Waals surface area contributed by atoms with Crippen LogP contribution in [0.4, 0.5) is 11.4 Å². The first-order valence-electron chi connectivity index (χ1n) is 9.32. The number of nitrogens with zero attached hydrogens (tertiary/aromatic N) is 3. The van der Waals surface area contributed by atoms with Crippen molar-refractivity contribution in [3.63, 3.8) is 0 Å². The van der Waals surface area contributed by atoms with Crippen LogP contribution < -0.4 is 20.9 Å². The number of aromatic amines is 1. The molecule has 1 saturated heterocycles. The van der Waals surface area contributed by atoms with Crippen molar-refractivity contribution in [2.45, 2.75) is 39.5 Å². The minimum Gasteiger partial charge on any atom is -0.371 e. The molecule has 0 saturated carbocycles. The van der Waals surface area contributed by atoms with E-state index >= 15 is 0 Å². The van der Waals surface area contributed by atoms with Crippen LogP contribution in [0, 0.1) is 10.1 Å². The van der Waals surface area contributed by atoms with Gasteiger partial charge in [-0.05, 0) is 38.8 Å². The number of nitro benzene ring substituents is 1. The van der Waals surface area contributed by atoms with Gasteiger partial charge < -0.3 is 4.90 Å². The molecule has 7 heteroatoms. The zero-order valence-corrected chi connectivity index (χ0v) is 15.7. The van der Waals surface area contributed by atoms with Gasteiger partial charge in [-0.1, -0.05) is 25.0 Å². The molecule has 1 aromatic carbocycles. The molecular weight excluding hydrogens is 344 g/mol. The fourth-order valence-electron chi connectivity index (χ4n) is 3.66. The highest BCUT2D eigenvalue weighted by Crippen LogP contribution is 2.31. The SMILES string of the molecule is C/C=c1/c(-c2ccc(N3CCCCCC3)cc2[N+](=O)[O-])n[nH]c(=O)/c1=C/C. The third-order valence-electron chi connectivity index (χ3n) is 5.04. The Labute approximate surface area is 157 Å². The summed E-state index contributed by atoms with van der Waals surface area (Å²) in [6.07, 6.45) is 8.05. The summed E-state index contributed by atoms with van der Waals surface area (Å²) >= 11 is 0. The Morgan fingerprint density at radius 3 is 2.37 bits per heavy atom. The molecule has 1 aliphatic heterocycles. The molecule has 2 aromatic rings. The molecule has 0 unspecified atom stereocenters. The molecule has 0 radical (unpaired) electrons. The van der Waals surface area contributed by atoms with Crippen molar-refractivity contribution >= 4 is 23.5 Å². The molecule has 0 atom stereocenters. The smallest absolute Gasteiger partial charge is 0.280 e. The first kappa shape index (κ1) is 18.8. The number of nitrogens with one attached hydrogen (secondary N) is 1. The number of hydrogen-bond donors (Lipinski definition) is 1. The average molecular weight is 368 g/mol. The lowest BCUT2D eigenvalue weighted by atomic mass is 10.0. The quantitative estimate of drug-likeness (QED) is 0.663. The highest BCUT2D eigenvalue weighted by molar-refractivity contribution is 5.75. The second kappa shape index (κ2) is 8.16. The predicted octanol–water partition coefficient (Wildman–Crippen LogP) is 2.33. The van der Waals surface area contributed by atoms with Gasteiger partial charge in [0.1, 0.15) is 5.69 Å². The van der Waals surface area contributed by atoms with Crippen LogP contribution in [-0.4, -0.2) is 28.2 Å². The zero-order valence-electron chi connectivity index (χ0n) is 15.7. The molecule has 3 rings (SSSR count). The molecule has 0 bridgehead atoms. The lowest BCUT2D eigenvalue weighted by Crippen LogP contribution is -2.42. The summed E-state index contributed by atoms with van der Waals surface area (Å²) in [7, 11) is 0. The third-order valence-corrected chi connectivity index (χ3v) is 5.04. The van der Waals surface area contributed by atoms with E-state index in [0.717, 1.165) is 31.6 Å². The normalized spacial score (nSPS) is 16.4. The van der Waals surface area contributed by atoms with E-state index < -0.39 is 0 Å². The summed E-state index contributed by atoms with van der Waals surface area (Å²) < 4.78 is 0. The van der Waals surface area contributed by atoms with E-state index in [9.17, 15) is 14.9 Å². The zero-order chi connectivity index (χ0) is 19.4. The number of nitro groups is 1. The molecule has 0 amide bonds. The van der Waals surface area contributed by atoms with E-state index in [1.807, 2.05) is 6.07 Å². The fraction of sp³-hybridized carbons (Fsp3) is 0.400. The van der Waals surface area contributed by atoms with E-state index in [1.54, 1.807) is 38.1 Å². The molecule has 0 spiro atoms. The average Bonchev–Trinajstić information content (AvgIpc) is 2.96.